The van der Waals surface area contributed by atoms with Crippen LogP contribution in [-0.4, -0.2) is 47.8 Å². The number of sulfonamides is 1. The second-order valence-corrected chi connectivity index (χ2v) is 9.10. The quantitative estimate of drug-likeness (QED) is 0.588. The van der Waals surface area contributed by atoms with Gasteiger partial charge in [0.15, 0.2) is 0 Å². The van der Waals surface area contributed by atoms with Crippen LogP contribution in [0, 0.1) is 0 Å². The monoisotopic (exact) mass is 413 g/mol. The Balaban J connectivity index is 1.40. The van der Waals surface area contributed by atoms with E-state index in [1.165, 1.54) is 4.31 Å². The molecule has 1 fully saturated rings. The summed E-state index contributed by atoms with van der Waals surface area (Å²) >= 11 is 0. The molecule has 0 aliphatic carbocycles. The third kappa shape index (κ3) is 4.49. The van der Waals surface area contributed by atoms with Gasteiger partial charge in [0.1, 0.15) is 11.9 Å². The van der Waals surface area contributed by atoms with Gasteiger partial charge in [-0.1, -0.05) is 30.3 Å². The Hall–Kier alpha value is -2.71. The summed E-state index contributed by atoms with van der Waals surface area (Å²) < 4.78 is 37.2. The number of ether oxygens (including phenoxy) is 1. The van der Waals surface area contributed by atoms with Gasteiger partial charge in [-0.15, -0.1) is 0 Å². The molecule has 1 aromatic heterocycles. The van der Waals surface area contributed by atoms with Gasteiger partial charge >= 0.3 is 0 Å². The second-order valence-electron chi connectivity index (χ2n) is 7.02. The van der Waals surface area contributed by atoms with E-state index in [-0.39, 0.29) is 11.9 Å². The summed E-state index contributed by atoms with van der Waals surface area (Å²) in [6.45, 7) is 2.78. The van der Waals surface area contributed by atoms with Crippen LogP contribution in [0.1, 0.15) is 19.8 Å². The van der Waals surface area contributed by atoms with Crippen LogP contribution in [-0.2, 0) is 10.0 Å². The molecule has 0 N–H and O–H groups in total. The van der Waals surface area contributed by atoms with Crippen molar-refractivity contribution in [2.45, 2.75) is 25.9 Å². The van der Waals surface area contributed by atoms with Crippen LogP contribution in [0.3, 0.4) is 0 Å². The van der Waals surface area contributed by atoms with E-state index in [1.54, 1.807) is 0 Å². The highest BCUT2D eigenvalue weighted by Crippen LogP contribution is 2.25. The molecule has 1 aliphatic heterocycles. The van der Waals surface area contributed by atoms with Crippen LogP contribution in [0.15, 0.2) is 59.1 Å². The van der Waals surface area contributed by atoms with Crippen LogP contribution >= 0.6 is 0 Å². The van der Waals surface area contributed by atoms with E-state index in [1.807, 2.05) is 61.5 Å². The molecule has 8 heteroatoms. The van der Waals surface area contributed by atoms with Crippen molar-refractivity contribution in [3.63, 3.8) is 0 Å². The number of benzene rings is 2. The van der Waals surface area contributed by atoms with Crippen molar-refractivity contribution >= 4 is 10.0 Å². The lowest BCUT2D eigenvalue weighted by molar-refractivity contribution is 0.215. The van der Waals surface area contributed by atoms with Gasteiger partial charge in [-0.05, 0) is 49.2 Å². The zero-order valence-electron chi connectivity index (χ0n) is 16.2. The van der Waals surface area contributed by atoms with E-state index in [9.17, 15) is 8.42 Å². The molecule has 2 heterocycles. The van der Waals surface area contributed by atoms with Crippen molar-refractivity contribution in [2.75, 3.05) is 18.8 Å². The number of aromatic nitrogens is 2. The fraction of sp³-hybridized carbons (Fsp3) is 0.333. The first-order valence-corrected chi connectivity index (χ1v) is 11.3. The number of hydrogen-bond donors (Lipinski definition) is 0. The molecule has 4 rings (SSSR count). The molecule has 1 atom stereocenters. The molecule has 0 bridgehead atoms. The molecule has 1 saturated heterocycles. The summed E-state index contributed by atoms with van der Waals surface area (Å²) in [5, 5.41) is 4.05. The minimum absolute atomic E-state index is 0.137. The topological polar surface area (TPSA) is 85.5 Å². The highest BCUT2D eigenvalue weighted by atomic mass is 32.2. The predicted octanol–water partition coefficient (Wildman–Crippen LogP) is 3.60. The van der Waals surface area contributed by atoms with Crippen molar-refractivity contribution in [2.24, 2.45) is 0 Å². The molecular weight excluding hydrogens is 390 g/mol. The van der Waals surface area contributed by atoms with Crippen molar-refractivity contribution in [3.05, 3.63) is 54.6 Å². The Morgan fingerprint density at radius 1 is 1.10 bits per heavy atom. The molecular formula is C21H23N3O4S. The molecule has 0 radical (unpaired) electrons. The van der Waals surface area contributed by atoms with Crippen molar-refractivity contribution in [1.29, 1.82) is 0 Å². The minimum atomic E-state index is -3.17. The van der Waals surface area contributed by atoms with Gasteiger partial charge in [0, 0.05) is 17.7 Å². The molecule has 152 valence electrons. The summed E-state index contributed by atoms with van der Waals surface area (Å²) in [6, 6.07) is 17.0. The molecule has 0 saturated carbocycles. The van der Waals surface area contributed by atoms with Gasteiger partial charge in [-0.2, -0.15) is 9.29 Å². The maximum Gasteiger partial charge on any atom is 0.258 e. The van der Waals surface area contributed by atoms with Crippen molar-refractivity contribution in [1.82, 2.24) is 14.4 Å². The SMILES string of the molecule is CCCS(=O)(=O)N1CCC(Oc2ccc(-c3noc(-c4ccccc4)n3)cc2)C1. The summed E-state index contributed by atoms with van der Waals surface area (Å²) in [5.41, 5.74) is 1.69. The van der Waals surface area contributed by atoms with Gasteiger partial charge in [0.2, 0.25) is 15.8 Å². The maximum absolute atomic E-state index is 12.2. The molecule has 0 spiro atoms. The first-order chi connectivity index (χ1) is 14.0. The Bertz CT molecular complexity index is 1050. The van der Waals surface area contributed by atoms with E-state index >= 15 is 0 Å². The smallest absolute Gasteiger partial charge is 0.258 e. The second kappa shape index (κ2) is 8.34. The van der Waals surface area contributed by atoms with Gasteiger partial charge < -0.3 is 9.26 Å². The lowest BCUT2D eigenvalue weighted by Crippen LogP contribution is -2.32. The minimum Gasteiger partial charge on any atom is -0.489 e. The van der Waals surface area contributed by atoms with Crippen LogP contribution in [0.4, 0.5) is 0 Å². The standard InChI is InChI=1S/C21H23N3O4S/c1-2-14-29(25,26)24-13-12-19(15-24)27-18-10-8-16(9-11-18)20-22-21(28-23-20)17-6-4-3-5-7-17/h3-11,19H,2,12-15H2,1H3. The molecule has 2 aromatic carbocycles. The first-order valence-electron chi connectivity index (χ1n) is 9.69. The fourth-order valence-corrected chi connectivity index (χ4v) is 4.90. The zero-order chi connectivity index (χ0) is 20.3. The van der Waals surface area contributed by atoms with Gasteiger partial charge in [0.05, 0.1) is 12.3 Å². The summed E-state index contributed by atoms with van der Waals surface area (Å²) in [4.78, 5) is 4.45. The Kier molecular flexibility index (Phi) is 5.64. The summed E-state index contributed by atoms with van der Waals surface area (Å²) in [7, 11) is -3.17. The summed E-state index contributed by atoms with van der Waals surface area (Å²) in [5.74, 6) is 1.86. The van der Waals surface area contributed by atoms with Crippen molar-refractivity contribution in [3.8, 4) is 28.6 Å². The van der Waals surface area contributed by atoms with E-state index in [2.05, 4.69) is 10.1 Å². The average molecular weight is 413 g/mol. The molecule has 3 aromatic rings. The molecule has 1 unspecified atom stereocenters. The largest absolute Gasteiger partial charge is 0.489 e. The molecule has 7 nitrogen and oxygen atoms in total. The Morgan fingerprint density at radius 3 is 2.59 bits per heavy atom. The normalized spacial score (nSPS) is 17.5. The maximum atomic E-state index is 12.2. The van der Waals surface area contributed by atoms with Crippen LogP contribution in [0.5, 0.6) is 5.75 Å². The van der Waals surface area contributed by atoms with Crippen LogP contribution in [0.25, 0.3) is 22.8 Å². The van der Waals surface area contributed by atoms with Gasteiger partial charge in [-0.25, -0.2) is 8.42 Å². The number of rotatable bonds is 7. The van der Waals surface area contributed by atoms with Gasteiger partial charge in [0.25, 0.3) is 5.89 Å². The summed E-state index contributed by atoms with van der Waals surface area (Å²) in [6.07, 6.45) is 1.17. The van der Waals surface area contributed by atoms with E-state index in [4.69, 9.17) is 9.26 Å². The van der Waals surface area contributed by atoms with Crippen LogP contribution in [0.2, 0.25) is 0 Å². The Labute approximate surface area is 170 Å². The third-order valence-corrected chi connectivity index (χ3v) is 6.87. The zero-order valence-corrected chi connectivity index (χ0v) is 17.0. The first kappa shape index (κ1) is 19.6. The number of hydrogen-bond acceptors (Lipinski definition) is 6. The van der Waals surface area contributed by atoms with Gasteiger partial charge in [-0.3, -0.25) is 0 Å². The van der Waals surface area contributed by atoms with Crippen molar-refractivity contribution < 1.29 is 17.7 Å². The fourth-order valence-electron chi connectivity index (χ4n) is 3.35. The van der Waals surface area contributed by atoms with Crippen LogP contribution < -0.4 is 4.74 Å². The average Bonchev–Trinajstić information content (AvgIpc) is 3.40. The van der Waals surface area contributed by atoms with E-state index < -0.39 is 10.0 Å². The van der Waals surface area contributed by atoms with E-state index in [0.717, 1.165) is 11.1 Å². The third-order valence-electron chi connectivity index (χ3n) is 4.83. The lowest BCUT2D eigenvalue weighted by atomic mass is 10.2. The lowest BCUT2D eigenvalue weighted by Gasteiger charge is -2.17. The molecule has 0 amide bonds. The highest BCUT2D eigenvalue weighted by Gasteiger charge is 2.31. The Morgan fingerprint density at radius 2 is 1.86 bits per heavy atom. The number of nitrogens with zero attached hydrogens (tertiary/aromatic N) is 3. The molecule has 1 aliphatic rings. The highest BCUT2D eigenvalue weighted by molar-refractivity contribution is 7.89. The predicted molar refractivity (Wildman–Crippen MR) is 110 cm³/mol. The molecule has 29 heavy (non-hydrogen) atoms. The van der Waals surface area contributed by atoms with E-state index in [0.29, 0.717) is 43.4 Å².